The minimum absolute atomic E-state index is 0.194. The number of piperidine rings is 1. The van der Waals surface area contributed by atoms with Crippen LogP contribution in [-0.2, 0) is 9.36 Å². The van der Waals surface area contributed by atoms with Crippen molar-refractivity contribution in [1.82, 2.24) is 4.67 Å². The highest BCUT2D eigenvalue weighted by Gasteiger charge is 2.35. The van der Waals surface area contributed by atoms with Crippen LogP contribution < -0.4 is 18.9 Å². The van der Waals surface area contributed by atoms with E-state index in [4.69, 9.17) is 18.9 Å². The Labute approximate surface area is 192 Å². The normalized spacial score (nSPS) is 17.3. The number of benzene rings is 2. The van der Waals surface area contributed by atoms with E-state index in [2.05, 4.69) is 0 Å². The van der Waals surface area contributed by atoms with Crippen molar-refractivity contribution in [3.05, 3.63) is 58.7 Å². The van der Waals surface area contributed by atoms with Crippen LogP contribution in [0.15, 0.2) is 47.5 Å². The molecule has 176 valence electrons. The minimum Gasteiger partial charge on any atom is -0.493 e. The van der Waals surface area contributed by atoms with Crippen LogP contribution in [-0.4, -0.2) is 61.8 Å². The average molecular weight is 475 g/mol. The zero-order valence-electron chi connectivity index (χ0n) is 18.8. The van der Waals surface area contributed by atoms with E-state index in [1.807, 2.05) is 0 Å². The summed E-state index contributed by atoms with van der Waals surface area (Å²) in [5.41, 5.74) is 1.75. The van der Waals surface area contributed by atoms with Gasteiger partial charge < -0.3 is 28.7 Å². The minimum atomic E-state index is -4.60. The van der Waals surface area contributed by atoms with Crippen LogP contribution in [0.3, 0.4) is 0 Å². The molecule has 0 bridgehead atoms. The number of ether oxygens (including phenoxy) is 4. The molecule has 2 aromatic carbocycles. The van der Waals surface area contributed by atoms with Crippen LogP contribution >= 0.6 is 7.75 Å². The Morgan fingerprint density at radius 3 is 1.48 bits per heavy atom. The number of ketones is 1. The summed E-state index contributed by atoms with van der Waals surface area (Å²) in [4.78, 5) is 32.8. The molecule has 0 radical (unpaired) electrons. The number of carbonyl (C=O) groups is 1. The van der Waals surface area contributed by atoms with Crippen LogP contribution in [0, 0.1) is 0 Å². The van der Waals surface area contributed by atoms with E-state index in [-0.39, 0.29) is 30.0 Å². The monoisotopic (exact) mass is 475 g/mol. The number of hydrogen-bond acceptors (Lipinski definition) is 6. The van der Waals surface area contributed by atoms with Gasteiger partial charge in [-0.3, -0.25) is 4.79 Å². The van der Waals surface area contributed by atoms with Gasteiger partial charge in [0, 0.05) is 24.2 Å². The molecule has 1 aliphatic rings. The van der Waals surface area contributed by atoms with Crippen molar-refractivity contribution in [3.63, 3.8) is 0 Å². The molecule has 3 rings (SSSR count). The molecular formula is C23H26NO8P. The highest BCUT2D eigenvalue weighted by atomic mass is 31.2. The molecule has 1 aliphatic heterocycles. The fourth-order valence-corrected chi connectivity index (χ4v) is 4.17. The van der Waals surface area contributed by atoms with Gasteiger partial charge in [-0.2, -0.15) is 4.67 Å². The Bertz CT molecular complexity index is 1070. The van der Waals surface area contributed by atoms with Gasteiger partial charge >= 0.3 is 7.75 Å². The molecule has 1 saturated heterocycles. The van der Waals surface area contributed by atoms with Crippen molar-refractivity contribution in [2.75, 3.05) is 41.5 Å². The Hall–Kier alpha value is -3.10. The summed E-state index contributed by atoms with van der Waals surface area (Å²) in [5.74, 6) is 1.70. The number of carbonyl (C=O) groups excluding carboxylic acids is 1. The SMILES string of the molecule is COc1ccc(/C=C2\CN(P(=O)(O)O)C/C(=C\c3ccc(OC)c(OC)c3)C2=O)cc1OC. The number of hydrogen-bond donors (Lipinski definition) is 2. The lowest BCUT2D eigenvalue weighted by Crippen LogP contribution is -2.35. The van der Waals surface area contributed by atoms with E-state index in [0.29, 0.717) is 34.1 Å². The fourth-order valence-electron chi connectivity index (χ4n) is 3.49. The van der Waals surface area contributed by atoms with Gasteiger partial charge in [0.1, 0.15) is 0 Å². The number of Topliss-reactive ketones (excluding diaryl/α,β-unsaturated/α-hetero) is 1. The third-order valence-corrected chi connectivity index (χ3v) is 6.17. The maximum absolute atomic E-state index is 13.2. The fraction of sp³-hybridized carbons (Fsp3) is 0.261. The van der Waals surface area contributed by atoms with Crippen molar-refractivity contribution in [2.24, 2.45) is 0 Å². The molecule has 2 N–H and O–H groups in total. The largest absolute Gasteiger partial charge is 0.493 e. The third kappa shape index (κ3) is 5.64. The predicted molar refractivity (Wildman–Crippen MR) is 124 cm³/mol. The van der Waals surface area contributed by atoms with Gasteiger partial charge in [0.25, 0.3) is 0 Å². The first-order valence-corrected chi connectivity index (χ1v) is 11.5. The molecule has 0 atom stereocenters. The van der Waals surface area contributed by atoms with E-state index in [1.54, 1.807) is 48.6 Å². The van der Waals surface area contributed by atoms with E-state index in [1.165, 1.54) is 28.4 Å². The summed E-state index contributed by atoms with van der Waals surface area (Å²) in [6.07, 6.45) is 3.18. The Morgan fingerprint density at radius 1 is 0.758 bits per heavy atom. The van der Waals surface area contributed by atoms with Crippen LogP contribution in [0.1, 0.15) is 11.1 Å². The summed E-state index contributed by atoms with van der Waals surface area (Å²) in [7, 11) is 1.44. The molecule has 9 nitrogen and oxygen atoms in total. The van der Waals surface area contributed by atoms with Crippen LogP contribution in [0.25, 0.3) is 12.2 Å². The van der Waals surface area contributed by atoms with Crippen LogP contribution in [0.4, 0.5) is 0 Å². The Balaban J connectivity index is 2.04. The lowest BCUT2D eigenvalue weighted by molar-refractivity contribution is -0.113. The van der Waals surface area contributed by atoms with Crippen molar-refractivity contribution in [3.8, 4) is 23.0 Å². The van der Waals surface area contributed by atoms with Gasteiger partial charge in [-0.05, 0) is 47.5 Å². The molecule has 2 aromatic rings. The molecule has 0 aliphatic carbocycles. The van der Waals surface area contributed by atoms with Crippen LogP contribution in [0.2, 0.25) is 0 Å². The molecule has 0 saturated carbocycles. The summed E-state index contributed by atoms with van der Waals surface area (Å²) < 4.78 is 34.1. The molecule has 1 heterocycles. The molecule has 33 heavy (non-hydrogen) atoms. The summed E-state index contributed by atoms with van der Waals surface area (Å²) in [5, 5.41) is 0. The van der Waals surface area contributed by atoms with Crippen molar-refractivity contribution in [2.45, 2.75) is 0 Å². The lowest BCUT2D eigenvalue weighted by atomic mass is 9.95. The molecule has 0 unspecified atom stereocenters. The zero-order chi connectivity index (χ0) is 24.2. The highest BCUT2D eigenvalue weighted by Crippen LogP contribution is 2.43. The Morgan fingerprint density at radius 2 is 1.15 bits per heavy atom. The number of methoxy groups -OCH3 is 4. The maximum atomic E-state index is 13.2. The van der Waals surface area contributed by atoms with Gasteiger partial charge in [0.2, 0.25) is 0 Å². The van der Waals surface area contributed by atoms with Crippen molar-refractivity contribution < 1.29 is 38.1 Å². The molecule has 0 spiro atoms. The second-order valence-electron chi connectivity index (χ2n) is 7.23. The molecule has 0 amide bonds. The second kappa shape index (κ2) is 10.2. The third-order valence-electron chi connectivity index (χ3n) is 5.15. The molecule has 10 heteroatoms. The summed E-state index contributed by atoms with van der Waals surface area (Å²) >= 11 is 0. The van der Waals surface area contributed by atoms with Crippen LogP contribution in [0.5, 0.6) is 23.0 Å². The first-order chi connectivity index (χ1) is 15.7. The topological polar surface area (TPSA) is 115 Å². The van der Waals surface area contributed by atoms with Gasteiger partial charge in [-0.15, -0.1) is 0 Å². The van der Waals surface area contributed by atoms with E-state index in [0.717, 1.165) is 4.67 Å². The predicted octanol–water partition coefficient (Wildman–Crippen LogP) is 3.17. The van der Waals surface area contributed by atoms with Crippen molar-refractivity contribution >= 4 is 25.7 Å². The first kappa shape index (κ1) is 24.5. The van der Waals surface area contributed by atoms with Gasteiger partial charge in [0.15, 0.2) is 28.8 Å². The summed E-state index contributed by atoms with van der Waals surface area (Å²) in [6.45, 7) is -0.387. The zero-order valence-corrected chi connectivity index (χ0v) is 19.7. The maximum Gasteiger partial charge on any atom is 0.403 e. The van der Waals surface area contributed by atoms with E-state index < -0.39 is 7.75 Å². The van der Waals surface area contributed by atoms with E-state index in [9.17, 15) is 19.1 Å². The number of rotatable bonds is 7. The first-order valence-electron chi connectivity index (χ1n) is 9.91. The average Bonchev–Trinajstić information content (AvgIpc) is 2.80. The lowest BCUT2D eigenvalue weighted by Gasteiger charge is -2.29. The molecular weight excluding hydrogens is 449 g/mol. The summed E-state index contributed by atoms with van der Waals surface area (Å²) in [6, 6.07) is 10.2. The van der Waals surface area contributed by atoms with Gasteiger partial charge in [-0.25, -0.2) is 4.57 Å². The van der Waals surface area contributed by atoms with Gasteiger partial charge in [-0.1, -0.05) is 12.1 Å². The highest BCUT2D eigenvalue weighted by molar-refractivity contribution is 7.49. The number of nitrogens with zero attached hydrogens (tertiary/aromatic N) is 1. The van der Waals surface area contributed by atoms with Gasteiger partial charge in [0.05, 0.1) is 28.4 Å². The van der Waals surface area contributed by atoms with Crippen molar-refractivity contribution in [1.29, 1.82) is 0 Å². The second-order valence-corrected chi connectivity index (χ2v) is 8.83. The molecule has 1 fully saturated rings. The smallest absolute Gasteiger partial charge is 0.403 e. The quantitative estimate of drug-likeness (QED) is 0.460. The Kier molecular flexibility index (Phi) is 7.61. The standard InChI is InChI=1S/C23H26NO8P/c1-29-19-7-5-15(11-21(19)31-3)9-17-13-24(33(26,27)28)14-18(23(17)25)10-16-6-8-20(30-2)22(12-16)32-4/h5-12H,13-14H2,1-4H3,(H2,26,27,28)/b17-9+,18-10+. The molecule has 0 aromatic heterocycles. The van der Waals surface area contributed by atoms with E-state index >= 15 is 0 Å².